The third kappa shape index (κ3) is 5.56. The zero-order chi connectivity index (χ0) is 14.9. The predicted molar refractivity (Wildman–Crippen MR) is 93.8 cm³/mol. The molecular formula is C19H25NS. The summed E-state index contributed by atoms with van der Waals surface area (Å²) in [6, 6.07) is 17.9. The molecule has 0 aromatic heterocycles. The normalized spacial score (nSPS) is 10.8. The summed E-state index contributed by atoms with van der Waals surface area (Å²) in [6.07, 6.45) is 2.30. The van der Waals surface area contributed by atoms with Gasteiger partial charge in [-0.2, -0.15) is 0 Å². The minimum atomic E-state index is 0.970. The molecule has 0 fully saturated rings. The van der Waals surface area contributed by atoms with Crippen molar-refractivity contribution in [1.82, 2.24) is 5.32 Å². The van der Waals surface area contributed by atoms with E-state index in [2.05, 4.69) is 67.7 Å². The van der Waals surface area contributed by atoms with Gasteiger partial charge in [0.15, 0.2) is 0 Å². The summed E-state index contributed by atoms with van der Waals surface area (Å²) >= 11 is 1.90. The van der Waals surface area contributed by atoms with Crippen molar-refractivity contribution in [2.75, 3.05) is 6.54 Å². The third-order valence-corrected chi connectivity index (χ3v) is 4.60. The van der Waals surface area contributed by atoms with Crippen LogP contribution in [0.4, 0.5) is 0 Å². The summed E-state index contributed by atoms with van der Waals surface area (Å²) in [5, 5.41) is 3.43. The van der Waals surface area contributed by atoms with E-state index in [4.69, 9.17) is 0 Å². The number of thioether (sulfide) groups is 1. The Kier molecular flexibility index (Phi) is 6.84. The van der Waals surface area contributed by atoms with Crippen molar-refractivity contribution >= 4 is 11.8 Å². The van der Waals surface area contributed by atoms with Gasteiger partial charge in [0.05, 0.1) is 0 Å². The van der Waals surface area contributed by atoms with Crippen molar-refractivity contribution < 1.29 is 0 Å². The molecule has 1 nitrogen and oxygen atoms in total. The van der Waals surface area contributed by atoms with Gasteiger partial charge in [0, 0.05) is 17.2 Å². The van der Waals surface area contributed by atoms with E-state index < -0.39 is 0 Å². The summed E-state index contributed by atoms with van der Waals surface area (Å²) in [5.74, 6) is 1.04. The van der Waals surface area contributed by atoms with Crippen molar-refractivity contribution in [2.24, 2.45) is 0 Å². The first kappa shape index (κ1) is 16.1. The van der Waals surface area contributed by atoms with E-state index in [-0.39, 0.29) is 0 Å². The number of hydrogen-bond acceptors (Lipinski definition) is 2. The fourth-order valence-corrected chi connectivity index (χ4v) is 3.01. The van der Waals surface area contributed by atoms with Gasteiger partial charge < -0.3 is 5.32 Å². The fourth-order valence-electron chi connectivity index (χ4n) is 2.15. The predicted octanol–water partition coefficient (Wildman–Crippen LogP) is 5.04. The minimum absolute atomic E-state index is 0.970. The monoisotopic (exact) mass is 299 g/mol. The van der Waals surface area contributed by atoms with Crippen molar-refractivity contribution in [3.63, 3.8) is 0 Å². The van der Waals surface area contributed by atoms with Crippen LogP contribution in [0.1, 0.15) is 37.0 Å². The lowest BCUT2D eigenvalue weighted by molar-refractivity contribution is 0.675. The highest BCUT2D eigenvalue weighted by molar-refractivity contribution is 7.98. The molecule has 2 aromatic carbocycles. The molecule has 0 atom stereocenters. The van der Waals surface area contributed by atoms with E-state index in [1.807, 2.05) is 11.8 Å². The summed E-state index contributed by atoms with van der Waals surface area (Å²) in [4.78, 5) is 1.34. The quantitative estimate of drug-likeness (QED) is 0.541. The number of rotatable bonds is 8. The summed E-state index contributed by atoms with van der Waals surface area (Å²) in [6.45, 7) is 6.45. The fraction of sp³-hybridized carbons (Fsp3) is 0.368. The molecule has 0 bridgehead atoms. The van der Waals surface area contributed by atoms with Gasteiger partial charge in [-0.3, -0.25) is 0 Å². The Morgan fingerprint density at radius 2 is 1.43 bits per heavy atom. The second kappa shape index (κ2) is 8.91. The molecule has 0 aliphatic heterocycles. The summed E-state index contributed by atoms with van der Waals surface area (Å²) < 4.78 is 0. The maximum Gasteiger partial charge on any atom is 0.0231 e. The molecule has 0 aliphatic carbocycles. The molecule has 2 aromatic rings. The Balaban J connectivity index is 1.82. The van der Waals surface area contributed by atoms with Gasteiger partial charge in [-0.15, -0.1) is 11.8 Å². The van der Waals surface area contributed by atoms with Crippen LogP contribution < -0.4 is 5.32 Å². The third-order valence-electron chi connectivity index (χ3n) is 3.52. The van der Waals surface area contributed by atoms with Crippen molar-refractivity contribution in [3.8, 4) is 0 Å². The molecule has 0 heterocycles. The highest BCUT2D eigenvalue weighted by Crippen LogP contribution is 2.23. The minimum Gasteiger partial charge on any atom is -0.313 e. The van der Waals surface area contributed by atoms with Crippen molar-refractivity contribution in [3.05, 3.63) is 65.2 Å². The number of benzene rings is 2. The molecule has 112 valence electrons. The zero-order valence-electron chi connectivity index (χ0n) is 13.1. The maximum atomic E-state index is 3.43. The topological polar surface area (TPSA) is 12.0 Å². The molecular weight excluding hydrogens is 274 g/mol. The summed E-state index contributed by atoms with van der Waals surface area (Å²) in [7, 11) is 0. The molecule has 0 saturated carbocycles. The highest BCUT2D eigenvalue weighted by atomic mass is 32.2. The second-order valence-corrected chi connectivity index (χ2v) is 6.33. The van der Waals surface area contributed by atoms with Gasteiger partial charge >= 0.3 is 0 Å². The average molecular weight is 299 g/mol. The van der Waals surface area contributed by atoms with Crippen LogP contribution >= 0.6 is 11.8 Å². The van der Waals surface area contributed by atoms with Gasteiger partial charge in [-0.25, -0.2) is 0 Å². The van der Waals surface area contributed by atoms with E-state index in [9.17, 15) is 0 Å². The van der Waals surface area contributed by atoms with Gasteiger partial charge in [0.25, 0.3) is 0 Å². The van der Waals surface area contributed by atoms with E-state index in [1.165, 1.54) is 28.0 Å². The van der Waals surface area contributed by atoms with Gasteiger partial charge in [0.2, 0.25) is 0 Å². The largest absolute Gasteiger partial charge is 0.313 e. The average Bonchev–Trinajstić information content (AvgIpc) is 2.55. The number of aryl methyl sites for hydroxylation is 1. The SMILES string of the molecule is CCCNCc1ccc(SCc2ccc(CC)cc2)cc1. The Labute approximate surface area is 133 Å². The molecule has 1 N–H and O–H groups in total. The number of nitrogens with one attached hydrogen (secondary N) is 1. The lowest BCUT2D eigenvalue weighted by Gasteiger charge is -2.06. The lowest BCUT2D eigenvalue weighted by atomic mass is 10.1. The van der Waals surface area contributed by atoms with E-state index in [0.29, 0.717) is 0 Å². The maximum absolute atomic E-state index is 3.43. The van der Waals surface area contributed by atoms with Crippen molar-refractivity contribution in [1.29, 1.82) is 0 Å². The van der Waals surface area contributed by atoms with Crippen LogP contribution in [0.2, 0.25) is 0 Å². The molecule has 0 aliphatic rings. The molecule has 0 unspecified atom stereocenters. The standard InChI is InChI=1S/C19H25NS/c1-3-13-20-14-17-9-11-19(12-10-17)21-15-18-7-5-16(4-2)6-8-18/h5-12,20H,3-4,13-15H2,1-2H3. The number of hydrogen-bond donors (Lipinski definition) is 1. The van der Waals surface area contributed by atoms with E-state index in [1.54, 1.807) is 0 Å². The molecule has 0 amide bonds. The molecule has 2 heteroatoms. The van der Waals surface area contributed by atoms with Crippen LogP contribution in [0.3, 0.4) is 0 Å². The molecule has 0 spiro atoms. The molecule has 0 saturated heterocycles. The summed E-state index contributed by atoms with van der Waals surface area (Å²) in [5.41, 5.74) is 4.17. The van der Waals surface area contributed by atoms with Crippen LogP contribution in [-0.2, 0) is 18.7 Å². The van der Waals surface area contributed by atoms with Gasteiger partial charge in [0.1, 0.15) is 0 Å². The van der Waals surface area contributed by atoms with E-state index in [0.717, 1.165) is 25.3 Å². The van der Waals surface area contributed by atoms with Crippen LogP contribution in [0.15, 0.2) is 53.4 Å². The first-order valence-electron chi connectivity index (χ1n) is 7.82. The molecule has 21 heavy (non-hydrogen) atoms. The first-order valence-corrected chi connectivity index (χ1v) is 8.80. The highest BCUT2D eigenvalue weighted by Gasteiger charge is 1.98. The Morgan fingerprint density at radius 1 is 0.810 bits per heavy atom. The van der Waals surface area contributed by atoms with Gasteiger partial charge in [-0.1, -0.05) is 50.2 Å². The van der Waals surface area contributed by atoms with Crippen LogP contribution in [0.5, 0.6) is 0 Å². The van der Waals surface area contributed by atoms with Crippen molar-refractivity contribution in [2.45, 2.75) is 43.9 Å². The zero-order valence-corrected chi connectivity index (χ0v) is 13.9. The Hall–Kier alpha value is -1.25. The molecule has 0 radical (unpaired) electrons. The lowest BCUT2D eigenvalue weighted by Crippen LogP contribution is -2.13. The van der Waals surface area contributed by atoms with E-state index >= 15 is 0 Å². The van der Waals surface area contributed by atoms with Crippen LogP contribution in [0, 0.1) is 0 Å². The Morgan fingerprint density at radius 3 is 2.05 bits per heavy atom. The Bertz CT molecular complexity index is 516. The second-order valence-electron chi connectivity index (χ2n) is 5.28. The smallest absolute Gasteiger partial charge is 0.0231 e. The first-order chi connectivity index (χ1) is 10.3. The van der Waals surface area contributed by atoms with Crippen LogP contribution in [-0.4, -0.2) is 6.54 Å². The molecule has 2 rings (SSSR count). The van der Waals surface area contributed by atoms with Crippen LogP contribution in [0.25, 0.3) is 0 Å². The van der Waals surface area contributed by atoms with Gasteiger partial charge in [-0.05, 0) is 48.2 Å².